The molecule has 142 valence electrons. The normalized spacial score (nSPS) is 12.1. The Morgan fingerprint density at radius 1 is 1.25 bits per heavy atom. The van der Waals surface area contributed by atoms with Crippen molar-refractivity contribution >= 4 is 23.1 Å². The number of aromatic amines is 1. The molecule has 9 heteroatoms. The van der Waals surface area contributed by atoms with Gasteiger partial charge in [0.05, 0.1) is 6.20 Å². The summed E-state index contributed by atoms with van der Waals surface area (Å²) in [6.45, 7) is 3.33. The standard InChI is InChI=1S/C19H18FN7O/c1-11-10-21-25-17(11)23-18-15-4-3-9-27(15)26-19(24-18)16(22-12(2)28)13-5-7-14(20)8-6-13/h3-10,16H,1-2H3,(H,22,28)(H2,21,23,24,25,26). The van der Waals surface area contributed by atoms with Gasteiger partial charge in [0.15, 0.2) is 11.6 Å². The van der Waals surface area contributed by atoms with Crippen LogP contribution in [0.2, 0.25) is 0 Å². The van der Waals surface area contributed by atoms with Crippen molar-refractivity contribution in [3.63, 3.8) is 0 Å². The molecule has 4 aromatic rings. The Kier molecular flexibility index (Phi) is 4.48. The third kappa shape index (κ3) is 3.41. The number of anilines is 2. The first-order chi connectivity index (χ1) is 13.5. The summed E-state index contributed by atoms with van der Waals surface area (Å²) in [7, 11) is 0. The number of benzene rings is 1. The monoisotopic (exact) mass is 379 g/mol. The molecule has 0 radical (unpaired) electrons. The van der Waals surface area contributed by atoms with Gasteiger partial charge in [0.1, 0.15) is 23.2 Å². The maximum atomic E-state index is 13.4. The fraction of sp³-hybridized carbons (Fsp3) is 0.158. The number of halogens is 1. The molecule has 3 heterocycles. The molecular weight excluding hydrogens is 361 g/mol. The fourth-order valence-corrected chi connectivity index (χ4v) is 2.91. The summed E-state index contributed by atoms with van der Waals surface area (Å²) in [5.74, 6) is 1.03. The first kappa shape index (κ1) is 17.7. The van der Waals surface area contributed by atoms with Crippen LogP contribution in [0.5, 0.6) is 0 Å². The molecule has 0 saturated carbocycles. The summed E-state index contributed by atoms with van der Waals surface area (Å²) in [5.41, 5.74) is 2.37. The van der Waals surface area contributed by atoms with Crippen LogP contribution >= 0.6 is 0 Å². The van der Waals surface area contributed by atoms with Gasteiger partial charge >= 0.3 is 0 Å². The van der Waals surface area contributed by atoms with Gasteiger partial charge in [-0.3, -0.25) is 9.89 Å². The van der Waals surface area contributed by atoms with E-state index in [4.69, 9.17) is 0 Å². The van der Waals surface area contributed by atoms with E-state index < -0.39 is 6.04 Å². The lowest BCUT2D eigenvalue weighted by Crippen LogP contribution is -2.29. The van der Waals surface area contributed by atoms with Gasteiger partial charge < -0.3 is 10.6 Å². The van der Waals surface area contributed by atoms with Crippen LogP contribution in [-0.2, 0) is 4.79 Å². The first-order valence-corrected chi connectivity index (χ1v) is 8.66. The molecule has 0 saturated heterocycles. The molecule has 0 fully saturated rings. The molecule has 3 N–H and O–H groups in total. The number of H-pyrrole nitrogens is 1. The number of fused-ring (bicyclic) bond motifs is 1. The van der Waals surface area contributed by atoms with Crippen molar-refractivity contribution in [2.24, 2.45) is 0 Å². The Hall–Kier alpha value is -3.75. The highest BCUT2D eigenvalue weighted by Gasteiger charge is 2.21. The second-order valence-electron chi connectivity index (χ2n) is 6.39. The van der Waals surface area contributed by atoms with Crippen LogP contribution < -0.4 is 10.6 Å². The summed E-state index contributed by atoms with van der Waals surface area (Å²) in [4.78, 5) is 16.4. The number of hydrogen-bond acceptors (Lipinski definition) is 5. The maximum absolute atomic E-state index is 13.4. The van der Waals surface area contributed by atoms with Gasteiger partial charge in [-0.25, -0.2) is 13.9 Å². The number of aromatic nitrogens is 5. The number of hydrogen-bond donors (Lipinski definition) is 3. The quantitative estimate of drug-likeness (QED) is 0.495. The minimum atomic E-state index is -0.631. The largest absolute Gasteiger partial charge is 0.342 e. The molecule has 0 spiro atoms. The lowest BCUT2D eigenvalue weighted by molar-refractivity contribution is -0.119. The molecule has 0 aliphatic heterocycles. The van der Waals surface area contributed by atoms with Gasteiger partial charge in [0.25, 0.3) is 0 Å². The van der Waals surface area contributed by atoms with E-state index in [1.807, 2.05) is 19.1 Å². The zero-order valence-electron chi connectivity index (χ0n) is 15.3. The molecule has 1 amide bonds. The van der Waals surface area contributed by atoms with Crippen molar-refractivity contribution in [1.82, 2.24) is 30.1 Å². The van der Waals surface area contributed by atoms with Crippen LogP contribution in [0.25, 0.3) is 5.52 Å². The molecule has 1 aromatic carbocycles. The van der Waals surface area contributed by atoms with Gasteiger partial charge in [-0.1, -0.05) is 12.1 Å². The SMILES string of the molecule is CC(=O)NC(c1ccc(F)cc1)c1nc(Nc2[nH]ncc2C)c2cccn2n1. The Morgan fingerprint density at radius 3 is 2.71 bits per heavy atom. The van der Waals surface area contributed by atoms with Crippen molar-refractivity contribution in [3.8, 4) is 0 Å². The van der Waals surface area contributed by atoms with Crippen LogP contribution in [0.1, 0.15) is 29.9 Å². The summed E-state index contributed by atoms with van der Waals surface area (Å²) >= 11 is 0. The highest BCUT2D eigenvalue weighted by molar-refractivity contribution is 5.75. The van der Waals surface area contributed by atoms with E-state index in [-0.39, 0.29) is 11.7 Å². The van der Waals surface area contributed by atoms with E-state index in [0.717, 1.165) is 11.1 Å². The topological polar surface area (TPSA) is 100 Å². The summed E-state index contributed by atoms with van der Waals surface area (Å²) < 4.78 is 15.0. The molecular formula is C19H18FN7O. The number of rotatable bonds is 5. The zero-order chi connectivity index (χ0) is 19.7. The lowest BCUT2D eigenvalue weighted by Gasteiger charge is -2.18. The molecule has 8 nitrogen and oxygen atoms in total. The van der Waals surface area contributed by atoms with Gasteiger partial charge in [-0.15, -0.1) is 5.10 Å². The van der Waals surface area contributed by atoms with Crippen molar-refractivity contribution in [2.75, 3.05) is 5.32 Å². The molecule has 1 unspecified atom stereocenters. The molecule has 3 aromatic heterocycles. The van der Waals surface area contributed by atoms with E-state index >= 15 is 0 Å². The lowest BCUT2D eigenvalue weighted by atomic mass is 10.1. The van der Waals surface area contributed by atoms with Crippen molar-refractivity contribution in [2.45, 2.75) is 19.9 Å². The third-order valence-corrected chi connectivity index (χ3v) is 4.29. The van der Waals surface area contributed by atoms with E-state index in [1.165, 1.54) is 19.1 Å². The van der Waals surface area contributed by atoms with Gasteiger partial charge in [0, 0.05) is 18.7 Å². The zero-order valence-corrected chi connectivity index (χ0v) is 15.3. The second-order valence-corrected chi connectivity index (χ2v) is 6.39. The number of carbonyl (C=O) groups is 1. The molecule has 1 atom stereocenters. The van der Waals surface area contributed by atoms with Crippen LogP contribution in [0.15, 0.2) is 48.8 Å². The van der Waals surface area contributed by atoms with E-state index in [1.54, 1.807) is 29.0 Å². The summed E-state index contributed by atoms with van der Waals surface area (Å²) in [5, 5.41) is 17.5. The van der Waals surface area contributed by atoms with Crippen LogP contribution in [0.4, 0.5) is 16.0 Å². The third-order valence-electron chi connectivity index (χ3n) is 4.29. The first-order valence-electron chi connectivity index (χ1n) is 8.66. The Morgan fingerprint density at radius 2 is 2.04 bits per heavy atom. The molecule has 0 aliphatic rings. The number of amides is 1. The molecule has 4 rings (SSSR count). The minimum absolute atomic E-state index is 0.246. The van der Waals surface area contributed by atoms with E-state index in [2.05, 4.69) is 30.9 Å². The van der Waals surface area contributed by atoms with Gasteiger partial charge in [-0.2, -0.15) is 5.10 Å². The van der Waals surface area contributed by atoms with Gasteiger partial charge in [0.2, 0.25) is 5.91 Å². The van der Waals surface area contributed by atoms with Crippen molar-refractivity contribution in [3.05, 3.63) is 71.6 Å². The molecule has 28 heavy (non-hydrogen) atoms. The summed E-state index contributed by atoms with van der Waals surface area (Å²) in [6.07, 6.45) is 3.50. The maximum Gasteiger partial charge on any atom is 0.217 e. The van der Waals surface area contributed by atoms with Crippen LogP contribution in [0.3, 0.4) is 0 Å². The predicted molar refractivity (Wildman–Crippen MR) is 102 cm³/mol. The highest BCUT2D eigenvalue weighted by Crippen LogP contribution is 2.25. The predicted octanol–water partition coefficient (Wildman–Crippen LogP) is 2.87. The average molecular weight is 379 g/mol. The number of carbonyl (C=O) groups excluding carboxylic acids is 1. The second kappa shape index (κ2) is 7.10. The number of nitrogens with one attached hydrogen (secondary N) is 3. The Bertz CT molecular complexity index is 1130. The number of nitrogens with zero attached hydrogens (tertiary/aromatic N) is 4. The Balaban J connectivity index is 1.82. The van der Waals surface area contributed by atoms with Gasteiger partial charge in [-0.05, 0) is 36.8 Å². The van der Waals surface area contributed by atoms with Crippen molar-refractivity contribution < 1.29 is 9.18 Å². The molecule has 0 bridgehead atoms. The van der Waals surface area contributed by atoms with Crippen LogP contribution in [0, 0.1) is 12.7 Å². The fourth-order valence-electron chi connectivity index (χ4n) is 2.91. The highest BCUT2D eigenvalue weighted by atomic mass is 19.1. The molecule has 0 aliphatic carbocycles. The van der Waals surface area contributed by atoms with Crippen molar-refractivity contribution in [1.29, 1.82) is 0 Å². The smallest absolute Gasteiger partial charge is 0.217 e. The van der Waals surface area contributed by atoms with E-state index in [9.17, 15) is 9.18 Å². The number of aryl methyl sites for hydroxylation is 1. The average Bonchev–Trinajstić information content (AvgIpc) is 3.29. The van der Waals surface area contributed by atoms with Crippen LogP contribution in [-0.4, -0.2) is 30.7 Å². The Labute approximate surface area is 159 Å². The van der Waals surface area contributed by atoms with E-state index in [0.29, 0.717) is 23.0 Å². The minimum Gasteiger partial charge on any atom is -0.342 e. The summed E-state index contributed by atoms with van der Waals surface area (Å²) in [6, 6.07) is 8.98.